The van der Waals surface area contributed by atoms with Crippen molar-refractivity contribution < 1.29 is 4.79 Å². The largest absolute Gasteiger partial charge is 0.337 e. The molecule has 5 nitrogen and oxygen atoms in total. The highest BCUT2D eigenvalue weighted by atomic mass is 35.5. The quantitative estimate of drug-likeness (QED) is 0.909. The van der Waals surface area contributed by atoms with Crippen LogP contribution >= 0.6 is 24.8 Å². The number of carbonyl (C=O) groups is 1. The van der Waals surface area contributed by atoms with E-state index >= 15 is 0 Å². The monoisotopic (exact) mass is 342 g/mol. The summed E-state index contributed by atoms with van der Waals surface area (Å²) in [5.74, 6) is -0.0159. The number of nitrogens with zero attached hydrogens (tertiary/aromatic N) is 3. The molecule has 120 valence electrons. The molecule has 0 bridgehead atoms. The number of nitrogens with one attached hydrogen (secondary N) is 1. The SMILES string of the molecule is CNC1CCN(C(=O)c2cnc3ccccc3n2)CC1.Cl.Cl. The molecular weight excluding hydrogens is 323 g/mol. The predicted octanol–water partition coefficient (Wildman–Crippen LogP) is 2.30. The van der Waals surface area contributed by atoms with E-state index in [1.807, 2.05) is 36.2 Å². The highest BCUT2D eigenvalue weighted by Gasteiger charge is 2.23. The van der Waals surface area contributed by atoms with Crippen LogP contribution in [0.3, 0.4) is 0 Å². The first kappa shape index (κ1) is 18.6. The zero-order chi connectivity index (χ0) is 13.9. The minimum Gasteiger partial charge on any atom is -0.337 e. The van der Waals surface area contributed by atoms with Crippen molar-refractivity contribution in [3.63, 3.8) is 0 Å². The van der Waals surface area contributed by atoms with Crippen LogP contribution in [0.15, 0.2) is 30.5 Å². The maximum absolute atomic E-state index is 12.4. The molecule has 1 N–H and O–H groups in total. The summed E-state index contributed by atoms with van der Waals surface area (Å²) >= 11 is 0. The van der Waals surface area contributed by atoms with E-state index in [1.54, 1.807) is 6.20 Å². The molecule has 0 saturated carbocycles. The normalized spacial score (nSPS) is 15.0. The third kappa shape index (κ3) is 3.85. The van der Waals surface area contributed by atoms with Crippen LogP contribution in [0.5, 0.6) is 0 Å². The molecule has 1 saturated heterocycles. The Balaban J connectivity index is 0.00000121. The summed E-state index contributed by atoms with van der Waals surface area (Å²) < 4.78 is 0. The number of rotatable bonds is 2. The predicted molar refractivity (Wildman–Crippen MR) is 92.0 cm³/mol. The Bertz CT molecular complexity index is 630. The number of likely N-dealkylation sites (tertiary alicyclic amines) is 1. The van der Waals surface area contributed by atoms with Gasteiger partial charge in [-0.3, -0.25) is 9.78 Å². The van der Waals surface area contributed by atoms with Gasteiger partial charge in [-0.1, -0.05) is 12.1 Å². The fourth-order valence-corrected chi connectivity index (χ4v) is 2.59. The van der Waals surface area contributed by atoms with Crippen molar-refractivity contribution in [3.05, 3.63) is 36.2 Å². The summed E-state index contributed by atoms with van der Waals surface area (Å²) in [5.41, 5.74) is 2.02. The number of piperidine rings is 1. The van der Waals surface area contributed by atoms with Crippen molar-refractivity contribution >= 4 is 41.8 Å². The standard InChI is InChI=1S/C15H18N4O.2ClH/c1-16-11-6-8-19(9-7-11)15(20)14-10-17-12-4-2-3-5-13(12)18-14;;/h2-5,10-11,16H,6-9H2,1H3;2*1H. The zero-order valence-electron chi connectivity index (χ0n) is 12.4. The van der Waals surface area contributed by atoms with Gasteiger partial charge in [0.05, 0.1) is 17.2 Å². The van der Waals surface area contributed by atoms with E-state index in [9.17, 15) is 4.79 Å². The van der Waals surface area contributed by atoms with Crippen LogP contribution in [0.2, 0.25) is 0 Å². The first-order valence-electron chi connectivity index (χ1n) is 6.96. The van der Waals surface area contributed by atoms with E-state index in [2.05, 4.69) is 15.3 Å². The molecule has 0 aliphatic carbocycles. The molecular formula is C15H20Cl2N4O. The molecule has 1 aliphatic rings. The molecule has 0 radical (unpaired) electrons. The smallest absolute Gasteiger partial charge is 0.274 e. The first-order chi connectivity index (χ1) is 9.78. The second-order valence-corrected chi connectivity index (χ2v) is 5.10. The summed E-state index contributed by atoms with van der Waals surface area (Å²) in [5, 5.41) is 3.26. The van der Waals surface area contributed by atoms with Gasteiger partial charge < -0.3 is 10.2 Å². The van der Waals surface area contributed by atoms with Crippen LogP contribution in [0, 0.1) is 0 Å². The van der Waals surface area contributed by atoms with E-state index in [0.717, 1.165) is 37.0 Å². The topological polar surface area (TPSA) is 58.1 Å². The number of aromatic nitrogens is 2. The second-order valence-electron chi connectivity index (χ2n) is 5.10. The Morgan fingerprint density at radius 3 is 2.45 bits per heavy atom. The third-order valence-electron chi connectivity index (χ3n) is 3.86. The fraction of sp³-hybridized carbons (Fsp3) is 0.400. The highest BCUT2D eigenvalue weighted by molar-refractivity contribution is 5.93. The maximum Gasteiger partial charge on any atom is 0.274 e. The number of hydrogen-bond acceptors (Lipinski definition) is 4. The highest BCUT2D eigenvalue weighted by Crippen LogP contribution is 2.14. The van der Waals surface area contributed by atoms with Crippen LogP contribution in [0.4, 0.5) is 0 Å². The number of para-hydroxylation sites is 2. The fourth-order valence-electron chi connectivity index (χ4n) is 2.59. The summed E-state index contributed by atoms with van der Waals surface area (Å²) in [4.78, 5) is 23.0. The van der Waals surface area contributed by atoms with Crippen molar-refractivity contribution in [2.24, 2.45) is 0 Å². The molecule has 0 spiro atoms. The van der Waals surface area contributed by atoms with Crippen molar-refractivity contribution in [3.8, 4) is 0 Å². The Morgan fingerprint density at radius 2 is 1.82 bits per heavy atom. The van der Waals surface area contributed by atoms with Crippen LogP contribution in [0.1, 0.15) is 23.3 Å². The average Bonchev–Trinajstić information content (AvgIpc) is 2.54. The average molecular weight is 343 g/mol. The summed E-state index contributed by atoms with van der Waals surface area (Å²) in [6, 6.07) is 8.12. The van der Waals surface area contributed by atoms with Gasteiger partial charge in [-0.2, -0.15) is 0 Å². The summed E-state index contributed by atoms with van der Waals surface area (Å²) in [6.45, 7) is 1.55. The molecule has 7 heteroatoms. The van der Waals surface area contributed by atoms with E-state index in [0.29, 0.717) is 11.7 Å². The van der Waals surface area contributed by atoms with Crippen LogP contribution in [-0.2, 0) is 0 Å². The molecule has 22 heavy (non-hydrogen) atoms. The summed E-state index contributed by atoms with van der Waals surface area (Å²) in [6.07, 6.45) is 3.56. The van der Waals surface area contributed by atoms with Gasteiger partial charge in [0.2, 0.25) is 0 Å². The van der Waals surface area contributed by atoms with E-state index in [-0.39, 0.29) is 30.7 Å². The second kappa shape index (κ2) is 8.27. The molecule has 1 aromatic heterocycles. The molecule has 3 rings (SSSR count). The minimum atomic E-state index is -0.0159. The Morgan fingerprint density at radius 1 is 1.18 bits per heavy atom. The van der Waals surface area contributed by atoms with Crippen LogP contribution in [-0.4, -0.2) is 47.0 Å². The van der Waals surface area contributed by atoms with Gasteiger partial charge in [0.15, 0.2) is 0 Å². The van der Waals surface area contributed by atoms with Gasteiger partial charge in [0.1, 0.15) is 5.69 Å². The lowest BCUT2D eigenvalue weighted by Crippen LogP contribution is -2.44. The van der Waals surface area contributed by atoms with Crippen LogP contribution in [0.25, 0.3) is 11.0 Å². The van der Waals surface area contributed by atoms with Gasteiger partial charge in [-0.15, -0.1) is 24.8 Å². The molecule has 1 amide bonds. The summed E-state index contributed by atoms with van der Waals surface area (Å²) in [7, 11) is 1.97. The van der Waals surface area contributed by atoms with E-state index in [4.69, 9.17) is 0 Å². The van der Waals surface area contributed by atoms with Crippen molar-refractivity contribution in [2.45, 2.75) is 18.9 Å². The van der Waals surface area contributed by atoms with E-state index < -0.39 is 0 Å². The molecule has 1 aromatic carbocycles. The lowest BCUT2D eigenvalue weighted by atomic mass is 10.1. The van der Waals surface area contributed by atoms with Gasteiger partial charge in [-0.25, -0.2) is 4.98 Å². The number of benzene rings is 1. The molecule has 2 aromatic rings. The third-order valence-corrected chi connectivity index (χ3v) is 3.86. The van der Waals surface area contributed by atoms with Crippen molar-refractivity contribution in [2.75, 3.05) is 20.1 Å². The van der Waals surface area contributed by atoms with Gasteiger partial charge in [0.25, 0.3) is 5.91 Å². The van der Waals surface area contributed by atoms with Crippen molar-refractivity contribution in [1.82, 2.24) is 20.2 Å². The maximum atomic E-state index is 12.4. The number of fused-ring (bicyclic) bond motifs is 1. The zero-order valence-corrected chi connectivity index (χ0v) is 14.0. The van der Waals surface area contributed by atoms with Gasteiger partial charge in [0, 0.05) is 19.1 Å². The number of amides is 1. The van der Waals surface area contributed by atoms with Gasteiger partial charge in [-0.05, 0) is 32.0 Å². The molecule has 2 heterocycles. The number of halogens is 2. The van der Waals surface area contributed by atoms with Crippen molar-refractivity contribution in [1.29, 1.82) is 0 Å². The molecule has 0 atom stereocenters. The Labute approximate surface area is 142 Å². The Kier molecular flexibility index (Phi) is 7.00. The van der Waals surface area contributed by atoms with Gasteiger partial charge >= 0.3 is 0 Å². The lowest BCUT2D eigenvalue weighted by Gasteiger charge is -2.31. The first-order valence-corrected chi connectivity index (χ1v) is 6.96. The lowest BCUT2D eigenvalue weighted by molar-refractivity contribution is 0.0701. The van der Waals surface area contributed by atoms with E-state index in [1.165, 1.54) is 0 Å². The van der Waals surface area contributed by atoms with Crippen LogP contribution < -0.4 is 5.32 Å². The number of carbonyl (C=O) groups excluding carboxylic acids is 1. The molecule has 1 aliphatic heterocycles. The Hall–Kier alpha value is -1.43. The minimum absolute atomic E-state index is 0. The number of hydrogen-bond donors (Lipinski definition) is 1. The molecule has 0 unspecified atom stereocenters. The molecule has 1 fully saturated rings.